The Morgan fingerprint density at radius 1 is 1.21 bits per heavy atom. The molecule has 4 rings (SSSR count). The van der Waals surface area contributed by atoms with Gasteiger partial charge in [0.2, 0.25) is 6.29 Å². The predicted octanol–water partition coefficient (Wildman–Crippen LogP) is 4.49. The molecule has 0 bridgehead atoms. The lowest BCUT2D eigenvalue weighted by molar-refractivity contribution is -0.139. The Hall–Kier alpha value is -3.84. The SMILES string of the molecule is CC(/C=C1/CCc2c(cccc2OCC(=O)O)C1)=N\OC(C1=CC=COC1O)c1ccccc1. The van der Waals surface area contributed by atoms with Crippen LogP contribution in [0.2, 0.25) is 0 Å². The van der Waals surface area contributed by atoms with Crippen LogP contribution in [0.25, 0.3) is 0 Å². The molecule has 7 heteroatoms. The fraction of sp³-hybridized carbons (Fsp3) is 0.259. The molecule has 1 heterocycles. The second kappa shape index (κ2) is 10.9. The lowest BCUT2D eigenvalue weighted by atomic mass is 9.87. The van der Waals surface area contributed by atoms with E-state index in [0.29, 0.717) is 17.0 Å². The lowest BCUT2D eigenvalue weighted by Crippen LogP contribution is -2.21. The van der Waals surface area contributed by atoms with Gasteiger partial charge in [0.25, 0.3) is 0 Å². The number of carbonyl (C=O) groups is 1. The zero-order chi connectivity index (χ0) is 23.9. The fourth-order valence-electron chi connectivity index (χ4n) is 4.12. The van der Waals surface area contributed by atoms with Crippen LogP contribution < -0.4 is 4.74 Å². The number of nitrogens with zero attached hydrogens (tertiary/aromatic N) is 1. The highest BCUT2D eigenvalue weighted by molar-refractivity contribution is 5.93. The number of ether oxygens (including phenoxy) is 2. The number of allylic oxidation sites excluding steroid dienone is 4. The molecule has 2 aliphatic rings. The summed E-state index contributed by atoms with van der Waals surface area (Å²) >= 11 is 0. The zero-order valence-corrected chi connectivity index (χ0v) is 18.9. The highest BCUT2D eigenvalue weighted by atomic mass is 16.6. The number of benzene rings is 2. The molecule has 2 aromatic rings. The van der Waals surface area contributed by atoms with Crippen molar-refractivity contribution < 1.29 is 29.3 Å². The standard InChI is InChI=1S/C27H27NO6/c1-18(15-19-12-13-22-21(16-19)9-5-11-24(22)33-17-25(29)30)28-34-26(20-7-3-2-4-8-20)23-10-6-14-32-27(23)31/h2-11,14-15,26-27,31H,12-13,16-17H2,1H3,(H,29,30)/b19-15-,28-18+. The molecule has 1 aliphatic heterocycles. The Bertz CT molecular complexity index is 1150. The van der Waals surface area contributed by atoms with Crippen LogP contribution in [0.5, 0.6) is 5.75 Å². The van der Waals surface area contributed by atoms with Gasteiger partial charge >= 0.3 is 5.97 Å². The molecule has 0 spiro atoms. The molecule has 2 aromatic carbocycles. The molecule has 0 fully saturated rings. The molecule has 2 unspecified atom stereocenters. The number of rotatable bonds is 8. The molecule has 1 aliphatic carbocycles. The van der Waals surface area contributed by atoms with Gasteiger partial charge in [-0.2, -0.15) is 0 Å². The molecule has 0 saturated heterocycles. The van der Waals surface area contributed by atoms with Gasteiger partial charge in [-0.25, -0.2) is 4.79 Å². The quantitative estimate of drug-likeness (QED) is 0.444. The molecule has 0 amide bonds. The molecule has 7 nitrogen and oxygen atoms in total. The molecule has 176 valence electrons. The minimum Gasteiger partial charge on any atom is -0.482 e. The minimum absolute atomic E-state index is 0.350. The molecule has 34 heavy (non-hydrogen) atoms. The van der Waals surface area contributed by atoms with E-state index in [4.69, 9.17) is 19.4 Å². The van der Waals surface area contributed by atoms with E-state index in [2.05, 4.69) is 5.16 Å². The summed E-state index contributed by atoms with van der Waals surface area (Å²) < 4.78 is 10.7. The molecule has 2 N–H and O–H groups in total. The summed E-state index contributed by atoms with van der Waals surface area (Å²) in [6, 6.07) is 15.3. The van der Waals surface area contributed by atoms with Gasteiger partial charge < -0.3 is 24.5 Å². The van der Waals surface area contributed by atoms with Crippen molar-refractivity contribution in [3.05, 3.63) is 101 Å². The van der Waals surface area contributed by atoms with Gasteiger partial charge in [0.1, 0.15) is 5.75 Å². The van der Waals surface area contributed by atoms with Crippen LogP contribution in [0.1, 0.15) is 36.1 Å². The maximum absolute atomic E-state index is 10.8. The van der Waals surface area contributed by atoms with E-state index in [-0.39, 0.29) is 6.61 Å². The van der Waals surface area contributed by atoms with Crippen molar-refractivity contribution in [2.75, 3.05) is 6.61 Å². The number of oxime groups is 1. The number of carboxylic acids is 1. The van der Waals surface area contributed by atoms with Crippen molar-refractivity contribution >= 4 is 11.7 Å². The minimum atomic E-state index is -1.10. The van der Waals surface area contributed by atoms with E-state index in [1.54, 1.807) is 12.2 Å². The number of fused-ring (bicyclic) bond motifs is 1. The van der Waals surface area contributed by atoms with Crippen LogP contribution in [0, 0.1) is 0 Å². The first-order valence-electron chi connectivity index (χ1n) is 11.1. The lowest BCUT2D eigenvalue weighted by Gasteiger charge is -2.24. The van der Waals surface area contributed by atoms with Gasteiger partial charge in [0.15, 0.2) is 12.7 Å². The Morgan fingerprint density at radius 2 is 2.03 bits per heavy atom. The van der Waals surface area contributed by atoms with Gasteiger partial charge in [-0.1, -0.05) is 53.2 Å². The molecular weight excluding hydrogens is 434 g/mol. The largest absolute Gasteiger partial charge is 0.482 e. The summed E-state index contributed by atoms with van der Waals surface area (Å²) in [6.45, 7) is 1.52. The van der Waals surface area contributed by atoms with Gasteiger partial charge in [0.05, 0.1) is 12.0 Å². The van der Waals surface area contributed by atoms with Crippen LogP contribution in [0.3, 0.4) is 0 Å². The smallest absolute Gasteiger partial charge is 0.341 e. The average Bonchev–Trinajstić information content (AvgIpc) is 2.84. The van der Waals surface area contributed by atoms with E-state index in [1.807, 2.05) is 61.5 Å². The van der Waals surface area contributed by atoms with Gasteiger partial charge in [-0.05, 0) is 67.2 Å². The summed E-state index contributed by atoms with van der Waals surface area (Å²) in [4.78, 5) is 16.8. The number of hydrogen-bond donors (Lipinski definition) is 2. The number of carboxylic acid groups (broad SMARTS) is 1. The van der Waals surface area contributed by atoms with E-state index in [0.717, 1.165) is 36.0 Å². The summed E-state index contributed by atoms with van der Waals surface area (Å²) in [6.07, 6.45) is 7.57. The number of aliphatic carboxylic acids is 1. The highest BCUT2D eigenvalue weighted by Crippen LogP contribution is 2.33. The van der Waals surface area contributed by atoms with Crippen LogP contribution in [-0.2, 0) is 27.2 Å². The first kappa shape index (κ1) is 23.3. The van der Waals surface area contributed by atoms with Crippen molar-refractivity contribution in [3.8, 4) is 5.75 Å². The zero-order valence-electron chi connectivity index (χ0n) is 18.9. The summed E-state index contributed by atoms with van der Waals surface area (Å²) in [5, 5.41) is 23.5. The van der Waals surface area contributed by atoms with Crippen LogP contribution in [0.15, 0.2) is 89.3 Å². The predicted molar refractivity (Wildman–Crippen MR) is 127 cm³/mol. The van der Waals surface area contributed by atoms with Crippen molar-refractivity contribution in [1.82, 2.24) is 0 Å². The normalized spacial score (nSPS) is 19.6. The van der Waals surface area contributed by atoms with E-state index in [1.165, 1.54) is 11.8 Å². The van der Waals surface area contributed by atoms with Crippen molar-refractivity contribution in [2.45, 2.75) is 38.6 Å². The van der Waals surface area contributed by atoms with Crippen molar-refractivity contribution in [1.29, 1.82) is 0 Å². The number of aliphatic hydroxyl groups is 1. The Morgan fingerprint density at radius 3 is 2.79 bits per heavy atom. The van der Waals surface area contributed by atoms with Crippen molar-refractivity contribution in [2.24, 2.45) is 5.16 Å². The van der Waals surface area contributed by atoms with Gasteiger partial charge in [-0.15, -0.1) is 0 Å². The molecule has 0 radical (unpaired) electrons. The second-order valence-corrected chi connectivity index (χ2v) is 8.17. The van der Waals surface area contributed by atoms with Crippen LogP contribution in [-0.4, -0.2) is 34.8 Å². The fourth-order valence-corrected chi connectivity index (χ4v) is 4.12. The third-order valence-corrected chi connectivity index (χ3v) is 5.67. The van der Waals surface area contributed by atoms with Crippen LogP contribution in [0.4, 0.5) is 0 Å². The van der Waals surface area contributed by atoms with E-state index >= 15 is 0 Å². The third kappa shape index (κ3) is 5.74. The van der Waals surface area contributed by atoms with Gasteiger partial charge in [0, 0.05) is 5.57 Å². The average molecular weight is 462 g/mol. The van der Waals surface area contributed by atoms with E-state index < -0.39 is 18.4 Å². The van der Waals surface area contributed by atoms with Crippen molar-refractivity contribution in [3.63, 3.8) is 0 Å². The maximum atomic E-state index is 10.8. The first-order chi connectivity index (χ1) is 16.5. The summed E-state index contributed by atoms with van der Waals surface area (Å²) in [5.41, 5.74) is 5.51. The first-order valence-corrected chi connectivity index (χ1v) is 11.1. The Balaban J connectivity index is 1.49. The monoisotopic (exact) mass is 461 g/mol. The van der Waals surface area contributed by atoms with Crippen LogP contribution >= 0.6 is 0 Å². The number of aliphatic hydroxyl groups excluding tert-OH is 1. The summed E-state index contributed by atoms with van der Waals surface area (Å²) in [5.74, 6) is -0.359. The Labute approximate surface area is 198 Å². The molecule has 0 aromatic heterocycles. The molecule has 2 atom stereocenters. The molecule has 0 saturated carbocycles. The maximum Gasteiger partial charge on any atom is 0.341 e. The third-order valence-electron chi connectivity index (χ3n) is 5.67. The highest BCUT2D eigenvalue weighted by Gasteiger charge is 2.27. The summed E-state index contributed by atoms with van der Waals surface area (Å²) in [7, 11) is 0. The topological polar surface area (TPSA) is 97.6 Å². The number of hydrogen-bond acceptors (Lipinski definition) is 6. The Kier molecular flexibility index (Phi) is 7.44. The molecular formula is C27H27NO6. The second-order valence-electron chi connectivity index (χ2n) is 8.17. The van der Waals surface area contributed by atoms with E-state index in [9.17, 15) is 9.90 Å². The van der Waals surface area contributed by atoms with Gasteiger partial charge in [-0.3, -0.25) is 0 Å².